The summed E-state index contributed by atoms with van der Waals surface area (Å²) in [5.41, 5.74) is 5.37. The summed E-state index contributed by atoms with van der Waals surface area (Å²) in [6.07, 6.45) is 7.53. The Hall–Kier alpha value is -3.35. The maximum atomic E-state index is 13.0. The average Bonchev–Trinajstić information content (AvgIpc) is 3.51. The van der Waals surface area contributed by atoms with E-state index >= 15 is 0 Å². The molecule has 6 heteroatoms. The molecule has 3 N–H and O–H groups in total. The Balaban J connectivity index is 1.33. The fraction of sp³-hybridized carbons (Fsp3) is 0.185. The van der Waals surface area contributed by atoms with Crippen LogP contribution in [-0.4, -0.2) is 13.4 Å². The first-order chi connectivity index (χ1) is 16.1. The number of hydrogen-bond acceptors (Lipinski definition) is 3. The van der Waals surface area contributed by atoms with Gasteiger partial charge in [0.15, 0.2) is 0 Å². The van der Waals surface area contributed by atoms with Crippen LogP contribution in [0.2, 0.25) is 0 Å². The first-order valence-electron chi connectivity index (χ1n) is 11.3. The van der Waals surface area contributed by atoms with E-state index < -0.39 is 10.0 Å². The topological polar surface area (TPSA) is 74.0 Å². The molecule has 3 unspecified atom stereocenters. The monoisotopic (exact) mass is 455 g/mol. The molecule has 4 aromatic rings. The van der Waals surface area contributed by atoms with Crippen molar-refractivity contribution in [3.8, 4) is 0 Å². The van der Waals surface area contributed by atoms with Crippen molar-refractivity contribution in [2.45, 2.75) is 29.8 Å². The SMILES string of the molecule is O=S(=O)(NCc1ccccc1)c1ccc2c(c1)C1C=CCC1C(c1c[nH]c3ccccc13)N2. The Morgan fingerprint density at radius 1 is 0.939 bits per heavy atom. The Kier molecular flexibility index (Phi) is 4.85. The Morgan fingerprint density at radius 2 is 1.76 bits per heavy atom. The van der Waals surface area contributed by atoms with Gasteiger partial charge < -0.3 is 10.3 Å². The summed E-state index contributed by atoms with van der Waals surface area (Å²) in [7, 11) is -3.61. The number of sulfonamides is 1. The van der Waals surface area contributed by atoms with Crippen LogP contribution in [0.25, 0.3) is 10.9 Å². The van der Waals surface area contributed by atoms with Gasteiger partial charge in [0.05, 0.1) is 10.9 Å². The summed E-state index contributed by atoms with van der Waals surface area (Å²) in [4.78, 5) is 3.71. The number of benzene rings is 3. The first-order valence-corrected chi connectivity index (χ1v) is 12.8. The van der Waals surface area contributed by atoms with E-state index in [9.17, 15) is 8.42 Å². The number of hydrogen-bond donors (Lipinski definition) is 3. The third-order valence-electron chi connectivity index (χ3n) is 6.91. The molecule has 0 saturated heterocycles. The zero-order valence-electron chi connectivity index (χ0n) is 18.0. The van der Waals surface area contributed by atoms with Gasteiger partial charge in [0.25, 0.3) is 0 Å². The zero-order chi connectivity index (χ0) is 22.4. The van der Waals surface area contributed by atoms with E-state index in [0.29, 0.717) is 10.8 Å². The van der Waals surface area contributed by atoms with E-state index in [0.717, 1.165) is 28.8 Å². The molecule has 0 radical (unpaired) electrons. The van der Waals surface area contributed by atoms with Crippen molar-refractivity contribution in [3.63, 3.8) is 0 Å². The highest BCUT2D eigenvalue weighted by Crippen LogP contribution is 2.51. The molecule has 0 amide bonds. The van der Waals surface area contributed by atoms with Gasteiger partial charge in [-0.3, -0.25) is 0 Å². The Bertz CT molecular complexity index is 1460. The van der Waals surface area contributed by atoms with Gasteiger partial charge in [-0.2, -0.15) is 0 Å². The molecular weight excluding hydrogens is 430 g/mol. The second kappa shape index (κ2) is 7.90. The number of allylic oxidation sites excluding steroid dienone is 2. The third-order valence-corrected chi connectivity index (χ3v) is 8.31. The van der Waals surface area contributed by atoms with Crippen LogP contribution in [0, 0.1) is 5.92 Å². The zero-order valence-corrected chi connectivity index (χ0v) is 18.8. The van der Waals surface area contributed by atoms with Crippen molar-refractivity contribution in [1.29, 1.82) is 0 Å². The number of fused-ring (bicyclic) bond motifs is 4. The minimum atomic E-state index is -3.61. The van der Waals surface area contributed by atoms with E-state index in [1.807, 2.05) is 48.5 Å². The highest BCUT2D eigenvalue weighted by Gasteiger charge is 2.39. The van der Waals surface area contributed by atoms with Gasteiger partial charge in [0.1, 0.15) is 0 Å². The summed E-state index contributed by atoms with van der Waals surface area (Å²) >= 11 is 0. The largest absolute Gasteiger partial charge is 0.378 e. The van der Waals surface area contributed by atoms with Crippen molar-refractivity contribution >= 4 is 26.6 Å². The average molecular weight is 456 g/mol. The lowest BCUT2D eigenvalue weighted by Gasteiger charge is -2.37. The molecule has 1 aliphatic heterocycles. The van der Waals surface area contributed by atoms with Crippen LogP contribution in [0.1, 0.15) is 35.1 Å². The summed E-state index contributed by atoms with van der Waals surface area (Å²) in [6, 6.07) is 23.5. The van der Waals surface area contributed by atoms with Crippen LogP contribution in [-0.2, 0) is 16.6 Å². The fourth-order valence-electron chi connectivity index (χ4n) is 5.26. The number of nitrogens with one attached hydrogen (secondary N) is 3. The fourth-order valence-corrected chi connectivity index (χ4v) is 6.31. The maximum absolute atomic E-state index is 13.0. The molecule has 3 aromatic carbocycles. The summed E-state index contributed by atoms with van der Waals surface area (Å²) in [5, 5.41) is 4.95. The number of H-pyrrole nitrogens is 1. The van der Waals surface area contributed by atoms with E-state index in [1.54, 1.807) is 6.07 Å². The minimum Gasteiger partial charge on any atom is -0.378 e. The standard InChI is InChI=1S/C27H25N3O2S/c31-33(32,29-16-18-7-2-1-3-8-18)19-13-14-26-23(15-19)20-10-6-11-22(20)27(30-26)24-17-28-25-12-5-4-9-21(24)25/h1-10,12-15,17,20,22,27-30H,11,16H2. The van der Waals surface area contributed by atoms with Gasteiger partial charge in [-0.15, -0.1) is 0 Å². The first kappa shape index (κ1) is 20.3. The predicted octanol–water partition coefficient (Wildman–Crippen LogP) is 5.47. The van der Waals surface area contributed by atoms with Gasteiger partial charge in [-0.05, 0) is 53.3 Å². The molecule has 0 spiro atoms. The highest BCUT2D eigenvalue weighted by molar-refractivity contribution is 7.89. The van der Waals surface area contributed by atoms with Crippen molar-refractivity contribution in [2.75, 3.05) is 5.32 Å². The quantitative estimate of drug-likeness (QED) is 0.349. The number of rotatable bonds is 5. The minimum absolute atomic E-state index is 0.160. The molecule has 33 heavy (non-hydrogen) atoms. The molecule has 1 aromatic heterocycles. The third kappa shape index (κ3) is 3.56. The van der Waals surface area contributed by atoms with E-state index in [4.69, 9.17) is 0 Å². The van der Waals surface area contributed by atoms with Gasteiger partial charge in [-0.1, -0.05) is 60.7 Å². The molecule has 5 nitrogen and oxygen atoms in total. The molecule has 0 saturated carbocycles. The van der Waals surface area contributed by atoms with Crippen molar-refractivity contribution in [3.05, 3.63) is 108 Å². The van der Waals surface area contributed by atoms with Crippen LogP contribution < -0.4 is 10.0 Å². The maximum Gasteiger partial charge on any atom is 0.240 e. The number of aromatic nitrogens is 1. The Labute approximate surface area is 193 Å². The number of anilines is 1. The number of para-hydroxylation sites is 1. The molecule has 1 aliphatic carbocycles. The number of aromatic amines is 1. The summed E-state index contributed by atoms with van der Waals surface area (Å²) < 4.78 is 28.8. The van der Waals surface area contributed by atoms with Crippen molar-refractivity contribution < 1.29 is 8.42 Å². The predicted molar refractivity (Wildman–Crippen MR) is 132 cm³/mol. The van der Waals surface area contributed by atoms with Crippen LogP contribution in [0.3, 0.4) is 0 Å². The van der Waals surface area contributed by atoms with Crippen LogP contribution in [0.5, 0.6) is 0 Å². The molecule has 0 fully saturated rings. The van der Waals surface area contributed by atoms with E-state index in [1.165, 1.54) is 10.9 Å². The van der Waals surface area contributed by atoms with Gasteiger partial charge >= 0.3 is 0 Å². The van der Waals surface area contributed by atoms with Crippen molar-refractivity contribution in [2.24, 2.45) is 5.92 Å². The molecule has 3 atom stereocenters. The van der Waals surface area contributed by atoms with Gasteiger partial charge in [0, 0.05) is 35.2 Å². The summed E-state index contributed by atoms with van der Waals surface area (Å²) in [5.74, 6) is 0.524. The smallest absolute Gasteiger partial charge is 0.240 e. The molecule has 166 valence electrons. The van der Waals surface area contributed by atoms with Gasteiger partial charge in [0.2, 0.25) is 10.0 Å². The summed E-state index contributed by atoms with van der Waals surface area (Å²) in [6.45, 7) is 0.271. The van der Waals surface area contributed by atoms with Crippen LogP contribution in [0.15, 0.2) is 96.0 Å². The molecule has 6 rings (SSSR count). The van der Waals surface area contributed by atoms with E-state index in [-0.39, 0.29) is 18.5 Å². The lowest BCUT2D eigenvalue weighted by Crippen LogP contribution is -2.29. The van der Waals surface area contributed by atoms with Gasteiger partial charge in [-0.25, -0.2) is 13.1 Å². The molecule has 2 heterocycles. The van der Waals surface area contributed by atoms with Crippen molar-refractivity contribution in [1.82, 2.24) is 9.71 Å². The molecule has 0 bridgehead atoms. The lowest BCUT2D eigenvalue weighted by molar-refractivity contribution is 0.427. The second-order valence-corrected chi connectivity index (χ2v) is 10.6. The Morgan fingerprint density at radius 3 is 2.64 bits per heavy atom. The molecule has 2 aliphatic rings. The lowest BCUT2D eigenvalue weighted by atomic mass is 9.77. The van der Waals surface area contributed by atoms with E-state index in [2.05, 4.69) is 51.6 Å². The molecular formula is C27H25N3O2S. The normalized spacial score (nSPS) is 21.5. The second-order valence-electron chi connectivity index (χ2n) is 8.82. The van der Waals surface area contributed by atoms with Crippen LogP contribution >= 0.6 is 0 Å². The van der Waals surface area contributed by atoms with Crippen LogP contribution in [0.4, 0.5) is 5.69 Å². The highest BCUT2D eigenvalue weighted by atomic mass is 32.2.